The van der Waals surface area contributed by atoms with Crippen molar-refractivity contribution in [1.29, 1.82) is 0 Å². The quantitative estimate of drug-likeness (QED) is 0.712. The molecule has 0 aliphatic carbocycles. The molecular weight excluding hydrogens is 298 g/mol. The number of nitrogens with two attached hydrogens (primary N) is 1. The zero-order valence-corrected chi connectivity index (χ0v) is 12.5. The maximum atomic E-state index is 11.1. The zero-order valence-electron chi connectivity index (χ0n) is 10.8. The summed E-state index contributed by atoms with van der Waals surface area (Å²) in [6.45, 7) is 1.47. The van der Waals surface area contributed by atoms with Crippen LogP contribution >= 0.6 is 12.2 Å². The second kappa shape index (κ2) is 6.49. The van der Waals surface area contributed by atoms with Gasteiger partial charge in [-0.25, -0.2) is 13.6 Å². The molecule has 0 spiro atoms. The van der Waals surface area contributed by atoms with E-state index in [0.717, 1.165) is 19.4 Å². The van der Waals surface area contributed by atoms with E-state index in [0.29, 0.717) is 17.3 Å². The van der Waals surface area contributed by atoms with Gasteiger partial charge in [0.1, 0.15) is 0 Å². The van der Waals surface area contributed by atoms with E-state index in [4.69, 9.17) is 22.1 Å². The van der Waals surface area contributed by atoms with Crippen molar-refractivity contribution >= 4 is 33.0 Å². The van der Waals surface area contributed by atoms with Crippen LogP contribution in [0.3, 0.4) is 0 Å². The Morgan fingerprint density at radius 2 is 2.10 bits per heavy atom. The van der Waals surface area contributed by atoms with Gasteiger partial charge in [0.15, 0.2) is 5.11 Å². The summed E-state index contributed by atoms with van der Waals surface area (Å²) in [5, 5.41) is 11.5. The van der Waals surface area contributed by atoms with Gasteiger partial charge in [-0.3, -0.25) is 0 Å². The van der Waals surface area contributed by atoms with Gasteiger partial charge in [-0.05, 0) is 49.3 Å². The summed E-state index contributed by atoms with van der Waals surface area (Å²) >= 11 is 5.16. The number of hydrogen-bond acceptors (Lipinski definition) is 4. The van der Waals surface area contributed by atoms with Crippen LogP contribution in [0.4, 0.5) is 5.69 Å². The highest BCUT2D eigenvalue weighted by molar-refractivity contribution is 7.89. The van der Waals surface area contributed by atoms with Gasteiger partial charge in [0, 0.05) is 18.8 Å². The van der Waals surface area contributed by atoms with Crippen LogP contribution in [0.2, 0.25) is 0 Å². The molecular formula is C12H17N3O3S2. The molecule has 1 aliphatic heterocycles. The molecule has 6 nitrogen and oxygen atoms in total. The van der Waals surface area contributed by atoms with Crippen molar-refractivity contribution in [3.05, 3.63) is 24.3 Å². The second-order valence-corrected chi connectivity index (χ2v) is 6.51. The Kier molecular flexibility index (Phi) is 4.92. The van der Waals surface area contributed by atoms with Gasteiger partial charge in [0.05, 0.1) is 11.0 Å². The van der Waals surface area contributed by atoms with Crippen LogP contribution in [-0.2, 0) is 14.8 Å². The highest BCUT2D eigenvalue weighted by atomic mass is 32.2. The van der Waals surface area contributed by atoms with E-state index >= 15 is 0 Å². The highest BCUT2D eigenvalue weighted by Crippen LogP contribution is 2.13. The minimum absolute atomic E-state index is 0.0706. The van der Waals surface area contributed by atoms with Gasteiger partial charge >= 0.3 is 0 Å². The molecule has 1 aromatic carbocycles. The lowest BCUT2D eigenvalue weighted by Gasteiger charge is -2.14. The van der Waals surface area contributed by atoms with Crippen molar-refractivity contribution in [3.8, 4) is 0 Å². The van der Waals surface area contributed by atoms with E-state index in [1.807, 2.05) is 0 Å². The average Bonchev–Trinajstić information content (AvgIpc) is 2.89. The minimum atomic E-state index is -3.66. The number of rotatable bonds is 4. The van der Waals surface area contributed by atoms with Gasteiger partial charge in [-0.2, -0.15) is 0 Å². The SMILES string of the molecule is NS(=O)(=O)c1ccc(NC(=S)NC[C@H]2CCCO2)cc1. The molecule has 0 radical (unpaired) electrons. The number of thiocarbonyl (C=S) groups is 1. The Balaban J connectivity index is 1.84. The molecule has 20 heavy (non-hydrogen) atoms. The standard InChI is InChI=1S/C12H17N3O3S2/c13-20(16,17)11-5-3-9(4-6-11)15-12(19)14-8-10-2-1-7-18-10/h3-6,10H,1-2,7-8H2,(H2,13,16,17)(H2,14,15,19)/t10-/m1/s1. The Morgan fingerprint density at radius 1 is 1.40 bits per heavy atom. The van der Waals surface area contributed by atoms with Crippen LogP contribution in [0.15, 0.2) is 29.2 Å². The smallest absolute Gasteiger partial charge is 0.238 e. The van der Waals surface area contributed by atoms with Crippen LogP contribution < -0.4 is 15.8 Å². The summed E-state index contributed by atoms with van der Waals surface area (Å²) in [4.78, 5) is 0.0706. The zero-order chi connectivity index (χ0) is 14.6. The van der Waals surface area contributed by atoms with Gasteiger partial charge in [-0.1, -0.05) is 0 Å². The van der Waals surface area contributed by atoms with Crippen LogP contribution in [-0.4, -0.2) is 32.8 Å². The maximum Gasteiger partial charge on any atom is 0.238 e. The van der Waals surface area contributed by atoms with Crippen LogP contribution in [0, 0.1) is 0 Å². The molecule has 1 heterocycles. The number of primary sulfonamides is 1. The molecule has 110 valence electrons. The van der Waals surface area contributed by atoms with Crippen molar-refractivity contribution in [1.82, 2.24) is 5.32 Å². The predicted molar refractivity (Wildman–Crippen MR) is 81.0 cm³/mol. The second-order valence-electron chi connectivity index (χ2n) is 4.54. The number of benzene rings is 1. The van der Waals surface area contributed by atoms with Gasteiger partial charge < -0.3 is 15.4 Å². The number of sulfonamides is 1. The molecule has 0 aromatic heterocycles. The fourth-order valence-electron chi connectivity index (χ4n) is 1.92. The topological polar surface area (TPSA) is 93.5 Å². The first-order valence-corrected chi connectivity index (χ1v) is 8.20. The number of anilines is 1. The molecule has 1 fully saturated rings. The fraction of sp³-hybridized carbons (Fsp3) is 0.417. The monoisotopic (exact) mass is 315 g/mol. The number of hydrogen-bond donors (Lipinski definition) is 3. The predicted octanol–water partition coefficient (Wildman–Crippen LogP) is 0.799. The fourth-order valence-corrected chi connectivity index (χ4v) is 2.63. The summed E-state index contributed by atoms with van der Waals surface area (Å²) in [5.41, 5.74) is 0.697. The molecule has 8 heteroatoms. The normalized spacial score (nSPS) is 18.8. The van der Waals surface area contributed by atoms with Gasteiger partial charge in [-0.15, -0.1) is 0 Å². The maximum absolute atomic E-state index is 11.1. The lowest BCUT2D eigenvalue weighted by Crippen LogP contribution is -2.34. The van der Waals surface area contributed by atoms with E-state index in [-0.39, 0.29) is 11.0 Å². The number of nitrogens with one attached hydrogen (secondary N) is 2. The molecule has 1 atom stereocenters. The van der Waals surface area contributed by atoms with E-state index in [9.17, 15) is 8.42 Å². The Morgan fingerprint density at radius 3 is 2.65 bits per heavy atom. The minimum Gasteiger partial charge on any atom is -0.376 e. The van der Waals surface area contributed by atoms with Crippen LogP contribution in [0.25, 0.3) is 0 Å². The molecule has 1 aliphatic rings. The lowest BCUT2D eigenvalue weighted by molar-refractivity contribution is 0.114. The Hall–Kier alpha value is -1.22. The first-order chi connectivity index (χ1) is 9.45. The summed E-state index contributed by atoms with van der Waals surface area (Å²) in [7, 11) is -3.66. The third-order valence-electron chi connectivity index (χ3n) is 2.95. The molecule has 0 saturated carbocycles. The lowest BCUT2D eigenvalue weighted by atomic mass is 10.2. The third kappa shape index (κ3) is 4.41. The molecule has 1 aromatic rings. The Bertz CT molecular complexity index is 566. The van der Waals surface area contributed by atoms with E-state index in [1.165, 1.54) is 12.1 Å². The average molecular weight is 315 g/mol. The van der Waals surface area contributed by atoms with E-state index < -0.39 is 10.0 Å². The first kappa shape index (κ1) is 15.2. The van der Waals surface area contributed by atoms with Gasteiger partial charge in [0.25, 0.3) is 0 Å². The number of ether oxygens (including phenoxy) is 1. The molecule has 0 unspecified atom stereocenters. The Labute approximate surface area is 123 Å². The largest absolute Gasteiger partial charge is 0.376 e. The summed E-state index contributed by atoms with van der Waals surface area (Å²) < 4.78 is 27.7. The van der Waals surface area contributed by atoms with Crippen molar-refractivity contribution in [2.24, 2.45) is 5.14 Å². The van der Waals surface area contributed by atoms with Crippen molar-refractivity contribution in [2.75, 3.05) is 18.5 Å². The van der Waals surface area contributed by atoms with Crippen molar-refractivity contribution < 1.29 is 13.2 Å². The molecule has 0 bridgehead atoms. The third-order valence-corrected chi connectivity index (χ3v) is 4.13. The molecule has 1 saturated heterocycles. The summed E-state index contributed by atoms with van der Waals surface area (Å²) in [6.07, 6.45) is 2.33. The van der Waals surface area contributed by atoms with E-state index in [2.05, 4.69) is 10.6 Å². The highest BCUT2D eigenvalue weighted by Gasteiger charge is 2.15. The summed E-state index contributed by atoms with van der Waals surface area (Å²) in [6, 6.07) is 6.08. The van der Waals surface area contributed by atoms with Crippen LogP contribution in [0.5, 0.6) is 0 Å². The van der Waals surface area contributed by atoms with Gasteiger partial charge in [0.2, 0.25) is 10.0 Å². The van der Waals surface area contributed by atoms with Crippen LogP contribution in [0.1, 0.15) is 12.8 Å². The van der Waals surface area contributed by atoms with Crippen molar-refractivity contribution in [3.63, 3.8) is 0 Å². The molecule has 2 rings (SSSR count). The summed E-state index contributed by atoms with van der Waals surface area (Å²) in [5.74, 6) is 0. The first-order valence-electron chi connectivity index (χ1n) is 6.24. The van der Waals surface area contributed by atoms with E-state index in [1.54, 1.807) is 12.1 Å². The molecule has 0 amide bonds. The van der Waals surface area contributed by atoms with Crippen molar-refractivity contribution in [2.45, 2.75) is 23.8 Å². The molecule has 4 N–H and O–H groups in total.